The van der Waals surface area contributed by atoms with Crippen LogP contribution in [0.3, 0.4) is 0 Å². The summed E-state index contributed by atoms with van der Waals surface area (Å²) in [5, 5.41) is 0. The Morgan fingerprint density at radius 3 is 1.09 bits per heavy atom. The summed E-state index contributed by atoms with van der Waals surface area (Å²) in [4.78, 5) is 25.4. The molecular weight excluding hydrogens is 544 g/mol. The van der Waals surface area contributed by atoms with Crippen molar-refractivity contribution in [1.82, 2.24) is 0 Å². The molecule has 0 saturated carbocycles. The van der Waals surface area contributed by atoms with Gasteiger partial charge >= 0.3 is 11.9 Å². The van der Waals surface area contributed by atoms with Crippen LogP contribution in [-0.2, 0) is 9.47 Å². The molecule has 0 fully saturated rings. The van der Waals surface area contributed by atoms with Gasteiger partial charge in [0.1, 0.15) is 0 Å². The molecule has 0 aromatic heterocycles. The average Bonchev–Trinajstić information content (AvgIpc) is 3.04. The molecule has 252 valence electrons. The molecule has 0 saturated heterocycles. The summed E-state index contributed by atoms with van der Waals surface area (Å²) >= 11 is 0. The van der Waals surface area contributed by atoms with Crippen LogP contribution in [-0.4, -0.2) is 25.2 Å². The summed E-state index contributed by atoms with van der Waals surface area (Å²) < 4.78 is 11.0. The van der Waals surface area contributed by atoms with Crippen LogP contribution in [0, 0.1) is 0 Å². The fraction of sp³-hybridized carbons (Fsp3) is 0.750. The third-order valence-electron chi connectivity index (χ3n) is 8.49. The number of ether oxygens (including phenoxy) is 2. The van der Waals surface area contributed by atoms with Crippen LogP contribution in [0.15, 0.2) is 36.4 Å². The Labute approximate surface area is 272 Å². The maximum absolute atomic E-state index is 12.7. The van der Waals surface area contributed by atoms with E-state index in [0.717, 1.165) is 25.7 Å². The zero-order valence-corrected chi connectivity index (χ0v) is 28.9. The molecule has 0 atom stereocenters. The van der Waals surface area contributed by atoms with E-state index in [2.05, 4.69) is 26.0 Å². The Morgan fingerprint density at radius 2 is 0.750 bits per heavy atom. The lowest BCUT2D eigenvalue weighted by atomic mass is 10.1. The topological polar surface area (TPSA) is 52.6 Å². The summed E-state index contributed by atoms with van der Waals surface area (Å²) in [5.41, 5.74) is 0.606. The molecule has 44 heavy (non-hydrogen) atoms. The highest BCUT2D eigenvalue weighted by Gasteiger charge is 2.18. The quantitative estimate of drug-likeness (QED) is 0.0475. The van der Waals surface area contributed by atoms with Crippen molar-refractivity contribution in [3.8, 4) is 0 Å². The van der Waals surface area contributed by atoms with Gasteiger partial charge in [-0.1, -0.05) is 167 Å². The van der Waals surface area contributed by atoms with E-state index in [1.165, 1.54) is 141 Å². The lowest BCUT2D eigenvalue weighted by Crippen LogP contribution is -2.15. The molecule has 0 heterocycles. The lowest BCUT2D eigenvalue weighted by molar-refractivity contribution is 0.0450. The Morgan fingerprint density at radius 1 is 0.455 bits per heavy atom. The van der Waals surface area contributed by atoms with Crippen molar-refractivity contribution >= 4 is 11.9 Å². The molecule has 1 rings (SSSR count). The van der Waals surface area contributed by atoms with E-state index < -0.39 is 11.9 Å². The van der Waals surface area contributed by atoms with Crippen LogP contribution in [0.2, 0.25) is 0 Å². The van der Waals surface area contributed by atoms with E-state index in [1.54, 1.807) is 24.3 Å². The number of carbonyl (C=O) groups excluding carboxylic acids is 2. The van der Waals surface area contributed by atoms with Gasteiger partial charge in [0.2, 0.25) is 0 Å². The van der Waals surface area contributed by atoms with Gasteiger partial charge < -0.3 is 9.47 Å². The number of rotatable bonds is 31. The van der Waals surface area contributed by atoms with Gasteiger partial charge in [-0.05, 0) is 50.7 Å². The lowest BCUT2D eigenvalue weighted by Gasteiger charge is -2.10. The summed E-state index contributed by atoms with van der Waals surface area (Å²) in [7, 11) is 0. The maximum Gasteiger partial charge on any atom is 0.339 e. The van der Waals surface area contributed by atoms with Crippen LogP contribution in [0.4, 0.5) is 0 Å². The molecular formula is C40H68O4. The first-order valence-electron chi connectivity index (χ1n) is 18.8. The molecule has 1 aromatic rings. The number of allylic oxidation sites excluding steroid dienone is 2. The molecule has 0 N–H and O–H groups in total. The number of carbonyl (C=O) groups is 2. The van der Waals surface area contributed by atoms with Crippen LogP contribution >= 0.6 is 0 Å². The van der Waals surface area contributed by atoms with E-state index in [0.29, 0.717) is 24.3 Å². The van der Waals surface area contributed by atoms with Gasteiger partial charge in [0.15, 0.2) is 0 Å². The molecule has 0 spiro atoms. The molecule has 0 aliphatic carbocycles. The van der Waals surface area contributed by atoms with Gasteiger partial charge in [-0.15, -0.1) is 0 Å². The van der Waals surface area contributed by atoms with Crippen molar-refractivity contribution in [3.05, 3.63) is 47.5 Å². The van der Waals surface area contributed by atoms with Crippen LogP contribution in [0.25, 0.3) is 0 Å². The second kappa shape index (κ2) is 30.9. The normalized spacial score (nSPS) is 11.3. The predicted octanol–water partition coefficient (Wildman–Crippen LogP) is 12.7. The zero-order chi connectivity index (χ0) is 31.8. The second-order valence-electron chi connectivity index (χ2n) is 12.6. The van der Waals surface area contributed by atoms with Crippen molar-refractivity contribution in [2.45, 2.75) is 181 Å². The first-order valence-corrected chi connectivity index (χ1v) is 18.8. The zero-order valence-electron chi connectivity index (χ0n) is 28.9. The van der Waals surface area contributed by atoms with Crippen LogP contribution in [0.5, 0.6) is 0 Å². The standard InChI is InChI=1S/C40H68O4/c1-3-5-7-9-11-13-15-17-18-19-20-22-24-26-28-32-36-44-40(42)38-34-30-29-33-37(38)39(41)43-35-31-27-25-23-21-16-14-12-10-8-6-4-2/h17-18,29-30,33-34H,3-16,19-28,31-32,35-36H2,1-2H3/b18-17-. The Kier molecular flexibility index (Phi) is 28.0. The van der Waals surface area contributed by atoms with Crippen molar-refractivity contribution < 1.29 is 19.1 Å². The fourth-order valence-electron chi connectivity index (χ4n) is 5.62. The largest absolute Gasteiger partial charge is 0.462 e. The van der Waals surface area contributed by atoms with Gasteiger partial charge in [-0.2, -0.15) is 0 Å². The first kappa shape index (κ1) is 39.9. The fourth-order valence-corrected chi connectivity index (χ4v) is 5.62. The van der Waals surface area contributed by atoms with Crippen molar-refractivity contribution in [3.63, 3.8) is 0 Å². The van der Waals surface area contributed by atoms with Crippen LogP contribution in [0.1, 0.15) is 202 Å². The van der Waals surface area contributed by atoms with Gasteiger partial charge in [0.05, 0.1) is 24.3 Å². The molecule has 0 radical (unpaired) electrons. The molecule has 0 aliphatic heterocycles. The monoisotopic (exact) mass is 613 g/mol. The number of unbranched alkanes of at least 4 members (excludes halogenated alkanes) is 23. The van der Waals surface area contributed by atoms with Crippen molar-refractivity contribution in [1.29, 1.82) is 0 Å². The number of hydrogen-bond donors (Lipinski definition) is 0. The van der Waals surface area contributed by atoms with E-state index in [-0.39, 0.29) is 0 Å². The number of esters is 2. The van der Waals surface area contributed by atoms with E-state index >= 15 is 0 Å². The predicted molar refractivity (Wildman–Crippen MR) is 188 cm³/mol. The van der Waals surface area contributed by atoms with E-state index in [1.807, 2.05) is 0 Å². The highest BCUT2D eigenvalue weighted by molar-refractivity contribution is 6.03. The number of benzene rings is 1. The SMILES string of the molecule is CCCCCCCC/C=C\CCCCCCCCOC(=O)c1ccccc1C(=O)OCCCCCCCCCCCCCC. The molecule has 1 aromatic carbocycles. The van der Waals surface area contributed by atoms with E-state index in [4.69, 9.17) is 9.47 Å². The maximum atomic E-state index is 12.7. The molecule has 0 bridgehead atoms. The van der Waals surface area contributed by atoms with Crippen LogP contribution < -0.4 is 0 Å². The minimum atomic E-state index is -0.435. The van der Waals surface area contributed by atoms with Gasteiger partial charge in [0, 0.05) is 0 Å². The summed E-state index contributed by atoms with van der Waals surface area (Å²) in [5.74, 6) is -0.867. The molecule has 0 unspecified atom stereocenters. The van der Waals surface area contributed by atoms with Crippen molar-refractivity contribution in [2.75, 3.05) is 13.2 Å². The summed E-state index contributed by atoms with van der Waals surface area (Å²) in [6.45, 7) is 5.32. The third-order valence-corrected chi connectivity index (χ3v) is 8.49. The highest BCUT2D eigenvalue weighted by atomic mass is 16.5. The second-order valence-corrected chi connectivity index (χ2v) is 12.6. The summed E-state index contributed by atoms with van der Waals surface area (Å²) in [6.07, 6.45) is 37.4. The highest BCUT2D eigenvalue weighted by Crippen LogP contribution is 2.15. The molecule has 4 nitrogen and oxygen atoms in total. The average molecular weight is 613 g/mol. The first-order chi connectivity index (χ1) is 21.7. The molecule has 0 amide bonds. The van der Waals surface area contributed by atoms with Crippen molar-refractivity contribution in [2.24, 2.45) is 0 Å². The minimum absolute atomic E-state index is 0.303. The van der Waals surface area contributed by atoms with Gasteiger partial charge in [-0.25, -0.2) is 9.59 Å². The van der Waals surface area contributed by atoms with Gasteiger partial charge in [-0.3, -0.25) is 0 Å². The minimum Gasteiger partial charge on any atom is -0.462 e. The van der Waals surface area contributed by atoms with Gasteiger partial charge in [0.25, 0.3) is 0 Å². The number of hydrogen-bond acceptors (Lipinski definition) is 4. The third kappa shape index (κ3) is 23.3. The smallest absolute Gasteiger partial charge is 0.339 e. The Balaban J connectivity index is 2.05. The van der Waals surface area contributed by atoms with E-state index in [9.17, 15) is 9.59 Å². The Hall–Kier alpha value is -2.10. The Bertz CT molecular complexity index is 830. The summed E-state index contributed by atoms with van der Waals surface area (Å²) in [6, 6.07) is 6.85. The molecule has 4 heteroatoms. The molecule has 0 aliphatic rings.